The summed E-state index contributed by atoms with van der Waals surface area (Å²) in [6.07, 6.45) is 3.13. The highest BCUT2D eigenvalue weighted by Gasteiger charge is 2.07. The number of ether oxygens (including phenoxy) is 1. The second kappa shape index (κ2) is 6.35. The second-order valence-electron chi connectivity index (χ2n) is 5.14. The molecule has 3 rings (SSSR count). The first-order valence-corrected chi connectivity index (χ1v) is 7.25. The lowest BCUT2D eigenvalue weighted by Crippen LogP contribution is -2.12. The zero-order valence-electron chi connectivity index (χ0n) is 12.4. The summed E-state index contributed by atoms with van der Waals surface area (Å²) in [7, 11) is 1.61. The van der Waals surface area contributed by atoms with E-state index in [-0.39, 0.29) is 5.91 Å². The molecule has 1 aromatic heterocycles. The Bertz CT molecular complexity index is 792. The second-order valence-corrected chi connectivity index (χ2v) is 5.14. The first-order chi connectivity index (χ1) is 10.8. The maximum absolute atomic E-state index is 12.1. The summed E-state index contributed by atoms with van der Waals surface area (Å²) >= 11 is 0. The van der Waals surface area contributed by atoms with E-state index in [0.717, 1.165) is 22.5 Å². The molecular weight excluding hydrogens is 276 g/mol. The number of para-hydroxylation sites is 1. The number of methoxy groups -OCH3 is 1. The van der Waals surface area contributed by atoms with Crippen molar-refractivity contribution in [3.05, 3.63) is 60.3 Å². The van der Waals surface area contributed by atoms with Crippen LogP contribution in [0.4, 0.5) is 5.69 Å². The number of aromatic amines is 1. The molecule has 0 bridgehead atoms. The summed E-state index contributed by atoms with van der Waals surface area (Å²) in [5.41, 5.74) is 3.02. The minimum absolute atomic E-state index is 0.00136. The summed E-state index contributed by atoms with van der Waals surface area (Å²) in [4.78, 5) is 15.3. The molecular formula is C18H18N2O2. The minimum atomic E-state index is -0.00136. The molecule has 0 fully saturated rings. The number of nitrogens with one attached hydrogen (secondary N) is 2. The van der Waals surface area contributed by atoms with E-state index >= 15 is 0 Å². The molecule has 4 heteroatoms. The van der Waals surface area contributed by atoms with Gasteiger partial charge < -0.3 is 15.0 Å². The molecule has 0 aliphatic heterocycles. The van der Waals surface area contributed by atoms with Crippen LogP contribution in [0.2, 0.25) is 0 Å². The zero-order chi connectivity index (χ0) is 15.4. The van der Waals surface area contributed by atoms with Gasteiger partial charge in [-0.3, -0.25) is 4.79 Å². The lowest BCUT2D eigenvalue weighted by molar-refractivity contribution is -0.116. The van der Waals surface area contributed by atoms with Gasteiger partial charge in [0.25, 0.3) is 0 Å². The summed E-state index contributed by atoms with van der Waals surface area (Å²) in [5, 5.41) is 4.08. The number of aryl methyl sites for hydroxylation is 1. The fourth-order valence-electron chi connectivity index (χ4n) is 2.51. The van der Waals surface area contributed by atoms with Crippen LogP contribution in [0.15, 0.2) is 54.7 Å². The van der Waals surface area contributed by atoms with Crippen LogP contribution in [0.5, 0.6) is 5.75 Å². The fraction of sp³-hybridized carbons (Fsp3) is 0.167. The van der Waals surface area contributed by atoms with Crippen molar-refractivity contribution < 1.29 is 9.53 Å². The van der Waals surface area contributed by atoms with E-state index in [0.29, 0.717) is 12.8 Å². The van der Waals surface area contributed by atoms with Gasteiger partial charge in [-0.25, -0.2) is 0 Å². The Balaban J connectivity index is 1.62. The molecule has 22 heavy (non-hydrogen) atoms. The van der Waals surface area contributed by atoms with Crippen LogP contribution < -0.4 is 10.1 Å². The van der Waals surface area contributed by atoms with E-state index in [4.69, 9.17) is 4.74 Å². The number of carbonyl (C=O) groups is 1. The van der Waals surface area contributed by atoms with Crippen molar-refractivity contribution in [3.63, 3.8) is 0 Å². The summed E-state index contributed by atoms with van der Waals surface area (Å²) in [6, 6.07) is 15.5. The van der Waals surface area contributed by atoms with Crippen LogP contribution in [-0.2, 0) is 11.2 Å². The number of rotatable bonds is 5. The molecule has 2 N–H and O–H groups in total. The summed E-state index contributed by atoms with van der Waals surface area (Å²) in [5.74, 6) is 0.730. The first kappa shape index (κ1) is 14.2. The molecule has 0 aliphatic rings. The van der Waals surface area contributed by atoms with Gasteiger partial charge in [-0.05, 0) is 30.2 Å². The molecule has 1 heterocycles. The third-order valence-electron chi connectivity index (χ3n) is 3.65. The van der Waals surface area contributed by atoms with E-state index in [2.05, 4.69) is 16.4 Å². The molecule has 0 atom stereocenters. The molecule has 0 unspecified atom stereocenters. The van der Waals surface area contributed by atoms with Gasteiger partial charge in [0.1, 0.15) is 5.75 Å². The van der Waals surface area contributed by atoms with Gasteiger partial charge in [0.2, 0.25) is 5.91 Å². The largest absolute Gasteiger partial charge is 0.497 e. The zero-order valence-corrected chi connectivity index (χ0v) is 12.4. The van der Waals surface area contributed by atoms with Crippen molar-refractivity contribution in [1.82, 2.24) is 4.98 Å². The van der Waals surface area contributed by atoms with Gasteiger partial charge in [-0.2, -0.15) is 0 Å². The number of amides is 1. The van der Waals surface area contributed by atoms with E-state index in [1.54, 1.807) is 7.11 Å². The van der Waals surface area contributed by atoms with Crippen LogP contribution in [0.1, 0.15) is 12.0 Å². The Kier molecular flexibility index (Phi) is 4.10. The minimum Gasteiger partial charge on any atom is -0.497 e. The van der Waals surface area contributed by atoms with Crippen molar-refractivity contribution in [2.24, 2.45) is 0 Å². The van der Waals surface area contributed by atoms with Gasteiger partial charge >= 0.3 is 0 Å². The van der Waals surface area contributed by atoms with Crippen molar-refractivity contribution in [3.8, 4) is 5.75 Å². The fourth-order valence-corrected chi connectivity index (χ4v) is 2.51. The average molecular weight is 294 g/mol. The van der Waals surface area contributed by atoms with Crippen LogP contribution in [0, 0.1) is 0 Å². The number of benzene rings is 2. The number of anilines is 1. The van der Waals surface area contributed by atoms with Crippen LogP contribution >= 0.6 is 0 Å². The number of H-pyrrole nitrogens is 1. The Hall–Kier alpha value is -2.75. The number of carbonyl (C=O) groups excluding carboxylic acids is 1. The van der Waals surface area contributed by atoms with Crippen molar-refractivity contribution in [2.45, 2.75) is 12.8 Å². The lowest BCUT2D eigenvalue weighted by atomic mass is 10.1. The maximum Gasteiger partial charge on any atom is 0.224 e. The smallest absolute Gasteiger partial charge is 0.224 e. The lowest BCUT2D eigenvalue weighted by Gasteiger charge is -2.06. The van der Waals surface area contributed by atoms with E-state index in [1.165, 1.54) is 5.39 Å². The topological polar surface area (TPSA) is 54.1 Å². The van der Waals surface area contributed by atoms with Crippen molar-refractivity contribution >= 4 is 22.5 Å². The quantitative estimate of drug-likeness (QED) is 0.753. The Morgan fingerprint density at radius 3 is 2.91 bits per heavy atom. The van der Waals surface area contributed by atoms with E-state index in [9.17, 15) is 4.79 Å². The van der Waals surface area contributed by atoms with Gasteiger partial charge in [0.15, 0.2) is 0 Å². The van der Waals surface area contributed by atoms with Crippen LogP contribution in [0.25, 0.3) is 10.9 Å². The Labute approximate surface area is 129 Å². The van der Waals surface area contributed by atoms with E-state index in [1.807, 2.05) is 48.7 Å². The molecule has 0 aliphatic carbocycles. The third-order valence-corrected chi connectivity index (χ3v) is 3.65. The number of aromatic nitrogens is 1. The maximum atomic E-state index is 12.1. The molecule has 0 saturated heterocycles. The highest BCUT2D eigenvalue weighted by molar-refractivity contribution is 5.91. The molecule has 0 spiro atoms. The van der Waals surface area contributed by atoms with Crippen LogP contribution in [0.3, 0.4) is 0 Å². The van der Waals surface area contributed by atoms with Crippen molar-refractivity contribution in [1.29, 1.82) is 0 Å². The molecule has 0 saturated carbocycles. The Morgan fingerprint density at radius 2 is 2.05 bits per heavy atom. The predicted molar refractivity (Wildman–Crippen MR) is 88.2 cm³/mol. The SMILES string of the molecule is COc1cccc(NC(=O)CCc2c[nH]c3ccccc23)c1. The monoisotopic (exact) mass is 294 g/mol. The summed E-state index contributed by atoms with van der Waals surface area (Å²) in [6.45, 7) is 0. The molecule has 4 nitrogen and oxygen atoms in total. The third kappa shape index (κ3) is 3.11. The molecule has 1 amide bonds. The normalized spacial score (nSPS) is 10.6. The van der Waals surface area contributed by atoms with Gasteiger partial charge in [-0.15, -0.1) is 0 Å². The van der Waals surface area contributed by atoms with Crippen LogP contribution in [-0.4, -0.2) is 18.0 Å². The molecule has 112 valence electrons. The average Bonchev–Trinajstić information content (AvgIpc) is 2.96. The predicted octanol–water partition coefficient (Wildman–Crippen LogP) is 3.75. The standard InChI is InChI=1S/C18H18N2O2/c1-22-15-6-4-5-14(11-15)20-18(21)10-9-13-12-19-17-8-3-2-7-16(13)17/h2-8,11-12,19H,9-10H2,1H3,(H,20,21). The van der Waals surface area contributed by atoms with Gasteiger partial charge in [0, 0.05) is 35.3 Å². The van der Waals surface area contributed by atoms with Gasteiger partial charge in [0.05, 0.1) is 7.11 Å². The number of hydrogen-bond acceptors (Lipinski definition) is 2. The van der Waals surface area contributed by atoms with Crippen molar-refractivity contribution in [2.75, 3.05) is 12.4 Å². The molecule has 0 radical (unpaired) electrons. The number of hydrogen-bond donors (Lipinski definition) is 2. The molecule has 3 aromatic rings. The van der Waals surface area contributed by atoms with E-state index < -0.39 is 0 Å². The highest BCUT2D eigenvalue weighted by Crippen LogP contribution is 2.20. The molecule has 2 aromatic carbocycles. The first-order valence-electron chi connectivity index (χ1n) is 7.25. The Morgan fingerprint density at radius 1 is 1.18 bits per heavy atom. The number of fused-ring (bicyclic) bond motifs is 1. The van der Waals surface area contributed by atoms with Gasteiger partial charge in [-0.1, -0.05) is 24.3 Å². The highest BCUT2D eigenvalue weighted by atomic mass is 16.5. The summed E-state index contributed by atoms with van der Waals surface area (Å²) < 4.78 is 5.15.